The van der Waals surface area contributed by atoms with Crippen molar-refractivity contribution < 1.29 is 4.74 Å². The van der Waals surface area contributed by atoms with Crippen molar-refractivity contribution in [3.8, 4) is 0 Å². The Kier molecular flexibility index (Phi) is 6.03. The van der Waals surface area contributed by atoms with Gasteiger partial charge in [-0.15, -0.1) is 0 Å². The predicted octanol–water partition coefficient (Wildman–Crippen LogP) is 5.29. The molecule has 122 valence electrons. The molecule has 0 fully saturated rings. The summed E-state index contributed by atoms with van der Waals surface area (Å²) < 4.78 is 6.33. The molecule has 0 bridgehead atoms. The first-order valence-corrected chi connectivity index (χ1v) is 23.5. The number of hydrogen-bond donors (Lipinski definition) is 0. The molecular weight excluding hydrogens is 309 g/mol. The molecule has 0 spiro atoms. The van der Waals surface area contributed by atoms with Crippen LogP contribution in [-0.2, 0) is 4.74 Å². The molecule has 0 saturated heterocycles. The molecule has 0 aromatic rings. The monoisotopic (exact) mass is 348 g/mol. The molecule has 0 aromatic heterocycles. The Morgan fingerprint density at radius 2 is 0.900 bits per heavy atom. The minimum Gasteiger partial charge on any atom is -0.385 e. The first kappa shape index (κ1) is 20.8. The first-order valence-electron chi connectivity index (χ1n) is 7.97. The Labute approximate surface area is 132 Å². The lowest BCUT2D eigenvalue weighted by Crippen LogP contribution is -2.89. The summed E-state index contributed by atoms with van der Waals surface area (Å²) in [6.45, 7) is 29.6. The molecule has 0 N–H and O–H groups in total. The average Bonchev–Trinajstić information content (AvgIpc) is 2.04. The van der Waals surface area contributed by atoms with Crippen molar-refractivity contribution in [3.05, 3.63) is 0 Å². The third kappa shape index (κ3) is 3.42. The average molecular weight is 349 g/mol. The zero-order valence-corrected chi connectivity index (χ0v) is 20.5. The van der Waals surface area contributed by atoms with Crippen LogP contribution in [0.5, 0.6) is 0 Å². The third-order valence-electron chi connectivity index (χ3n) is 4.96. The van der Waals surface area contributed by atoms with E-state index in [1.165, 1.54) is 0 Å². The van der Waals surface area contributed by atoms with E-state index in [-0.39, 0.29) is 5.41 Å². The maximum absolute atomic E-state index is 6.33. The van der Waals surface area contributed by atoms with Crippen LogP contribution in [-0.4, -0.2) is 42.2 Å². The maximum Gasteiger partial charge on any atom is 0.0714 e. The molecule has 5 heteroatoms. The molecule has 0 aliphatic rings. The molecule has 0 heterocycles. The third-order valence-corrected chi connectivity index (χ3v) is 78.1. The van der Waals surface area contributed by atoms with Crippen LogP contribution >= 0.6 is 0 Å². The predicted molar refractivity (Wildman–Crippen MR) is 106 cm³/mol. The van der Waals surface area contributed by atoms with E-state index < -0.39 is 29.4 Å². The zero-order valence-electron chi connectivity index (χ0n) is 16.5. The lowest BCUT2D eigenvalue weighted by molar-refractivity contribution is 0.0748. The number of ether oxygens (including phenoxy) is 1. The summed E-state index contributed by atoms with van der Waals surface area (Å²) in [5.41, 5.74) is 0.780. The van der Waals surface area contributed by atoms with Gasteiger partial charge in [0.1, 0.15) is 0 Å². The molecule has 0 aromatic carbocycles. The van der Waals surface area contributed by atoms with Crippen LogP contribution in [0.15, 0.2) is 0 Å². The fourth-order valence-electron chi connectivity index (χ4n) is 5.73. The van der Waals surface area contributed by atoms with Gasteiger partial charge >= 0.3 is 0 Å². The summed E-state index contributed by atoms with van der Waals surface area (Å²) in [6, 6.07) is 0. The van der Waals surface area contributed by atoms with Crippen molar-refractivity contribution in [1.82, 2.24) is 0 Å². The van der Waals surface area contributed by atoms with Crippen molar-refractivity contribution in [1.29, 1.82) is 0 Å². The van der Waals surface area contributed by atoms with E-state index in [1.54, 1.807) is 0 Å². The first-order chi connectivity index (χ1) is 8.44. The van der Waals surface area contributed by atoms with Gasteiger partial charge in [-0.2, -0.15) is 0 Å². The smallest absolute Gasteiger partial charge is 0.0714 e. The van der Waals surface area contributed by atoms with Crippen molar-refractivity contribution in [2.75, 3.05) is 7.11 Å². The van der Waals surface area contributed by atoms with E-state index in [1.807, 2.05) is 7.11 Å². The summed E-state index contributed by atoms with van der Waals surface area (Å²) in [7, 11) is -1.81. The van der Waals surface area contributed by atoms with Gasteiger partial charge in [0.05, 0.1) is 6.63 Å². The Morgan fingerprint density at radius 3 is 0.950 bits per heavy atom. The number of rotatable bonds is 5. The van der Waals surface area contributed by atoms with Gasteiger partial charge in [-0.05, 0) is 5.41 Å². The van der Waals surface area contributed by atoms with E-state index in [2.05, 4.69) is 79.7 Å². The van der Waals surface area contributed by atoms with Gasteiger partial charge < -0.3 is 4.74 Å². The number of hydrogen-bond acceptors (Lipinski definition) is 1. The fraction of sp³-hybridized carbons (Fsp3) is 1.00. The van der Waals surface area contributed by atoms with Crippen molar-refractivity contribution in [3.63, 3.8) is 0 Å². The Balaban J connectivity index is 6.62. The zero-order chi connectivity index (χ0) is 16.8. The van der Waals surface area contributed by atoms with Crippen molar-refractivity contribution >= 4 is 29.4 Å². The normalized spacial score (nSPS) is 17.2. The molecule has 1 atom stereocenters. The molecule has 0 saturated carbocycles. The van der Waals surface area contributed by atoms with E-state index in [0.29, 0.717) is 5.73 Å². The highest BCUT2D eigenvalue weighted by Crippen LogP contribution is 2.45. The Bertz CT molecular complexity index is 290. The second-order valence-corrected chi connectivity index (χ2v) is 51.3. The van der Waals surface area contributed by atoms with Gasteiger partial charge in [0.2, 0.25) is 0 Å². The topological polar surface area (TPSA) is 9.23 Å². The summed E-state index contributed by atoms with van der Waals surface area (Å²) in [5.74, 6) is 0. The molecule has 20 heavy (non-hydrogen) atoms. The van der Waals surface area contributed by atoms with Crippen LogP contribution < -0.4 is 0 Å². The van der Waals surface area contributed by atoms with Gasteiger partial charge in [-0.1, -0.05) is 79.7 Å². The second-order valence-electron chi connectivity index (χ2n) is 10.5. The van der Waals surface area contributed by atoms with E-state index >= 15 is 0 Å². The molecule has 0 aliphatic carbocycles. The van der Waals surface area contributed by atoms with Gasteiger partial charge in [-0.3, -0.25) is 0 Å². The van der Waals surface area contributed by atoms with Crippen molar-refractivity contribution in [2.45, 2.75) is 85.4 Å². The molecule has 1 nitrogen and oxygen atoms in total. The highest BCUT2D eigenvalue weighted by molar-refractivity contribution is 7.89. The van der Waals surface area contributed by atoms with E-state index in [0.717, 1.165) is 0 Å². The highest BCUT2D eigenvalue weighted by Gasteiger charge is 2.67. The minimum atomic E-state index is -1.47. The Hall–Kier alpha value is 0.828. The summed E-state index contributed by atoms with van der Waals surface area (Å²) >= 11 is 0. The molecule has 0 aliphatic heterocycles. The summed E-state index contributed by atoms with van der Waals surface area (Å²) in [5, 5.41) is 0. The van der Waals surface area contributed by atoms with Crippen LogP contribution in [0.25, 0.3) is 0 Å². The largest absolute Gasteiger partial charge is 0.385 e. The van der Waals surface area contributed by atoms with Crippen LogP contribution in [0, 0.1) is 5.41 Å². The maximum atomic E-state index is 6.33. The minimum absolute atomic E-state index is 0.266. The standard InChI is InChI=1S/C15H40OSi4/c1-15(2,3)14(16-4)20(17(5,6)7,18(8,9)10)19(11,12)13/h14H,1-13H3. The van der Waals surface area contributed by atoms with Crippen LogP contribution in [0.4, 0.5) is 0 Å². The summed E-state index contributed by atoms with van der Waals surface area (Å²) in [4.78, 5) is 0. The fourth-order valence-corrected chi connectivity index (χ4v) is 110. The lowest BCUT2D eigenvalue weighted by Gasteiger charge is -2.63. The van der Waals surface area contributed by atoms with Gasteiger partial charge in [0.25, 0.3) is 0 Å². The Morgan fingerprint density at radius 1 is 0.650 bits per heavy atom. The van der Waals surface area contributed by atoms with Gasteiger partial charge in [-0.25, -0.2) is 0 Å². The van der Waals surface area contributed by atoms with Crippen LogP contribution in [0.3, 0.4) is 0 Å². The van der Waals surface area contributed by atoms with Crippen LogP contribution in [0.1, 0.15) is 20.8 Å². The second kappa shape index (κ2) is 5.79. The molecule has 0 amide bonds. The molecule has 0 radical (unpaired) electrons. The summed E-state index contributed by atoms with van der Waals surface area (Å²) in [6.07, 6.45) is 0. The quantitative estimate of drug-likeness (QED) is 0.614. The SMILES string of the molecule is COC(C(C)(C)C)[Si]([Si](C)(C)C)([Si](C)(C)C)[Si](C)(C)C. The lowest BCUT2D eigenvalue weighted by atomic mass is 9.98. The van der Waals surface area contributed by atoms with Gasteiger partial charge in [0.15, 0.2) is 0 Å². The van der Waals surface area contributed by atoms with E-state index in [4.69, 9.17) is 4.74 Å². The van der Waals surface area contributed by atoms with Crippen molar-refractivity contribution in [2.24, 2.45) is 5.41 Å². The highest BCUT2D eigenvalue weighted by atomic mass is 29.9. The van der Waals surface area contributed by atoms with E-state index in [9.17, 15) is 0 Å². The molecule has 1 unspecified atom stereocenters. The molecular formula is C15H40OSi4. The number of methoxy groups -OCH3 is 1. The van der Waals surface area contributed by atoms with Gasteiger partial charge in [0, 0.05) is 35.6 Å². The molecule has 0 rings (SSSR count). The van der Waals surface area contributed by atoms with Crippen LogP contribution in [0.2, 0.25) is 58.9 Å².